The van der Waals surface area contributed by atoms with Crippen LogP contribution in [-0.2, 0) is 0 Å². The standard InChI is InChI=1S/C17H17FO2/c1-20-12-8-9-15(16(18)10-12)17(19)14-5-3-2-4-13(14)11-6-7-11/h2-5,8-11,17,19H,6-7H2,1H3. The van der Waals surface area contributed by atoms with Crippen LogP contribution in [0.25, 0.3) is 0 Å². The molecular weight excluding hydrogens is 255 g/mol. The minimum Gasteiger partial charge on any atom is -0.497 e. The molecular formula is C17H17FO2. The summed E-state index contributed by atoms with van der Waals surface area (Å²) in [5.41, 5.74) is 2.23. The van der Waals surface area contributed by atoms with E-state index in [2.05, 4.69) is 0 Å². The summed E-state index contributed by atoms with van der Waals surface area (Å²) in [6.07, 6.45) is 1.36. The molecule has 0 heterocycles. The molecule has 1 aliphatic carbocycles. The van der Waals surface area contributed by atoms with Crippen molar-refractivity contribution in [3.05, 3.63) is 65.0 Å². The van der Waals surface area contributed by atoms with Crippen LogP contribution < -0.4 is 4.74 Å². The minimum absolute atomic E-state index is 0.291. The lowest BCUT2D eigenvalue weighted by Gasteiger charge is -2.17. The van der Waals surface area contributed by atoms with Crippen molar-refractivity contribution in [2.45, 2.75) is 24.9 Å². The van der Waals surface area contributed by atoms with E-state index < -0.39 is 11.9 Å². The van der Waals surface area contributed by atoms with E-state index in [0.717, 1.165) is 24.0 Å². The van der Waals surface area contributed by atoms with E-state index >= 15 is 0 Å². The maximum absolute atomic E-state index is 14.1. The molecule has 104 valence electrons. The summed E-state index contributed by atoms with van der Waals surface area (Å²) >= 11 is 0. The van der Waals surface area contributed by atoms with Crippen molar-refractivity contribution in [3.63, 3.8) is 0 Å². The van der Waals surface area contributed by atoms with Gasteiger partial charge in [0.25, 0.3) is 0 Å². The smallest absolute Gasteiger partial charge is 0.133 e. The van der Waals surface area contributed by atoms with Crippen LogP contribution in [0.15, 0.2) is 42.5 Å². The fraction of sp³-hybridized carbons (Fsp3) is 0.294. The Morgan fingerprint density at radius 3 is 2.55 bits per heavy atom. The number of hydrogen-bond donors (Lipinski definition) is 1. The van der Waals surface area contributed by atoms with Gasteiger partial charge in [0.1, 0.15) is 17.7 Å². The number of aliphatic hydroxyl groups excluding tert-OH is 1. The van der Waals surface area contributed by atoms with E-state index in [1.807, 2.05) is 24.3 Å². The molecule has 1 N–H and O–H groups in total. The molecule has 20 heavy (non-hydrogen) atoms. The zero-order valence-electron chi connectivity index (χ0n) is 11.3. The number of aliphatic hydroxyl groups is 1. The van der Waals surface area contributed by atoms with Crippen LogP contribution in [0, 0.1) is 5.82 Å². The normalized spacial score (nSPS) is 15.9. The van der Waals surface area contributed by atoms with Crippen molar-refractivity contribution in [2.24, 2.45) is 0 Å². The Balaban J connectivity index is 1.98. The maximum Gasteiger partial charge on any atom is 0.133 e. The fourth-order valence-corrected chi connectivity index (χ4v) is 2.55. The van der Waals surface area contributed by atoms with Crippen LogP contribution >= 0.6 is 0 Å². The summed E-state index contributed by atoms with van der Waals surface area (Å²) in [7, 11) is 1.49. The zero-order chi connectivity index (χ0) is 14.1. The van der Waals surface area contributed by atoms with E-state index in [9.17, 15) is 9.50 Å². The van der Waals surface area contributed by atoms with Gasteiger partial charge in [-0.05, 0) is 42.0 Å². The highest BCUT2D eigenvalue weighted by atomic mass is 19.1. The van der Waals surface area contributed by atoms with E-state index in [4.69, 9.17) is 4.74 Å². The van der Waals surface area contributed by atoms with Gasteiger partial charge in [0.15, 0.2) is 0 Å². The second-order valence-corrected chi connectivity index (χ2v) is 5.19. The summed E-state index contributed by atoms with van der Waals surface area (Å²) in [4.78, 5) is 0. The monoisotopic (exact) mass is 272 g/mol. The third-order valence-corrected chi connectivity index (χ3v) is 3.81. The number of rotatable bonds is 4. The van der Waals surface area contributed by atoms with Gasteiger partial charge in [0, 0.05) is 11.6 Å². The van der Waals surface area contributed by atoms with Crippen LogP contribution in [0.1, 0.15) is 41.6 Å². The Hall–Kier alpha value is -1.87. The molecule has 0 radical (unpaired) electrons. The van der Waals surface area contributed by atoms with Gasteiger partial charge in [-0.3, -0.25) is 0 Å². The second kappa shape index (κ2) is 5.25. The number of methoxy groups -OCH3 is 1. The van der Waals surface area contributed by atoms with Gasteiger partial charge in [0.05, 0.1) is 7.11 Å². The van der Waals surface area contributed by atoms with Gasteiger partial charge < -0.3 is 9.84 Å². The SMILES string of the molecule is COc1ccc(C(O)c2ccccc2C2CC2)c(F)c1. The lowest BCUT2D eigenvalue weighted by molar-refractivity contribution is 0.213. The average molecular weight is 272 g/mol. The number of ether oxygens (including phenoxy) is 1. The predicted molar refractivity (Wildman–Crippen MR) is 75.4 cm³/mol. The molecule has 1 aliphatic rings. The highest BCUT2D eigenvalue weighted by molar-refractivity contribution is 5.41. The van der Waals surface area contributed by atoms with Crippen molar-refractivity contribution in [3.8, 4) is 5.75 Å². The Morgan fingerprint density at radius 2 is 1.90 bits per heavy atom. The highest BCUT2D eigenvalue weighted by Gasteiger charge is 2.28. The van der Waals surface area contributed by atoms with Crippen LogP contribution in [0.2, 0.25) is 0 Å². The molecule has 0 saturated heterocycles. The molecule has 3 heteroatoms. The molecule has 3 rings (SSSR count). The first-order valence-electron chi connectivity index (χ1n) is 6.81. The predicted octanol–water partition coefficient (Wildman–Crippen LogP) is 3.79. The molecule has 0 aromatic heterocycles. The van der Waals surface area contributed by atoms with Crippen molar-refractivity contribution < 1.29 is 14.2 Å². The van der Waals surface area contributed by atoms with Gasteiger partial charge >= 0.3 is 0 Å². The summed E-state index contributed by atoms with van der Waals surface area (Å²) < 4.78 is 19.1. The molecule has 1 unspecified atom stereocenters. The van der Waals surface area contributed by atoms with Crippen LogP contribution in [-0.4, -0.2) is 12.2 Å². The van der Waals surface area contributed by atoms with Crippen molar-refractivity contribution >= 4 is 0 Å². The lowest BCUT2D eigenvalue weighted by atomic mass is 9.94. The van der Waals surface area contributed by atoms with Crippen LogP contribution in [0.3, 0.4) is 0 Å². The molecule has 0 amide bonds. The Kier molecular flexibility index (Phi) is 3.45. The summed E-state index contributed by atoms with van der Waals surface area (Å²) in [6, 6.07) is 12.3. The quantitative estimate of drug-likeness (QED) is 0.917. The minimum atomic E-state index is -0.933. The Bertz CT molecular complexity index is 620. The van der Waals surface area contributed by atoms with E-state index in [-0.39, 0.29) is 0 Å². The van der Waals surface area contributed by atoms with E-state index in [1.54, 1.807) is 12.1 Å². The van der Waals surface area contributed by atoms with Gasteiger partial charge in [-0.1, -0.05) is 24.3 Å². The molecule has 2 nitrogen and oxygen atoms in total. The van der Waals surface area contributed by atoms with Crippen LogP contribution in [0.4, 0.5) is 4.39 Å². The first kappa shape index (κ1) is 13.1. The van der Waals surface area contributed by atoms with E-state index in [1.165, 1.54) is 13.2 Å². The molecule has 0 aliphatic heterocycles. The molecule has 1 fully saturated rings. The van der Waals surface area contributed by atoms with Crippen molar-refractivity contribution in [1.82, 2.24) is 0 Å². The zero-order valence-corrected chi connectivity index (χ0v) is 11.3. The fourth-order valence-electron chi connectivity index (χ4n) is 2.55. The van der Waals surface area contributed by atoms with Gasteiger partial charge in [-0.15, -0.1) is 0 Å². The second-order valence-electron chi connectivity index (χ2n) is 5.19. The third kappa shape index (κ3) is 2.41. The largest absolute Gasteiger partial charge is 0.497 e. The topological polar surface area (TPSA) is 29.5 Å². The number of hydrogen-bond acceptors (Lipinski definition) is 2. The Labute approximate surface area is 117 Å². The first-order valence-corrected chi connectivity index (χ1v) is 6.81. The third-order valence-electron chi connectivity index (χ3n) is 3.81. The number of benzene rings is 2. The summed E-state index contributed by atoms with van der Waals surface area (Å²) in [6.45, 7) is 0. The molecule has 1 saturated carbocycles. The summed E-state index contributed by atoms with van der Waals surface area (Å²) in [5.74, 6) is 0.526. The first-order chi connectivity index (χ1) is 9.70. The van der Waals surface area contributed by atoms with E-state index in [0.29, 0.717) is 17.2 Å². The van der Waals surface area contributed by atoms with Crippen molar-refractivity contribution in [1.29, 1.82) is 0 Å². The molecule has 2 aromatic carbocycles. The number of halogens is 1. The molecule has 0 spiro atoms. The highest BCUT2D eigenvalue weighted by Crippen LogP contribution is 2.44. The maximum atomic E-state index is 14.1. The van der Waals surface area contributed by atoms with Crippen molar-refractivity contribution in [2.75, 3.05) is 7.11 Å². The van der Waals surface area contributed by atoms with Gasteiger partial charge in [-0.25, -0.2) is 4.39 Å². The molecule has 1 atom stereocenters. The summed E-state index contributed by atoms with van der Waals surface area (Å²) in [5, 5.41) is 10.5. The lowest BCUT2D eigenvalue weighted by Crippen LogP contribution is -2.05. The molecule has 0 bridgehead atoms. The van der Waals surface area contributed by atoms with Crippen LogP contribution in [0.5, 0.6) is 5.75 Å². The molecule has 2 aromatic rings. The Morgan fingerprint density at radius 1 is 1.15 bits per heavy atom. The van der Waals surface area contributed by atoms with Gasteiger partial charge in [-0.2, -0.15) is 0 Å². The van der Waals surface area contributed by atoms with Gasteiger partial charge in [0.2, 0.25) is 0 Å². The average Bonchev–Trinajstić information content (AvgIpc) is 3.31.